The second kappa shape index (κ2) is 4.53. The largest absolute Gasteiger partial charge is 0.348 e. The van der Waals surface area contributed by atoms with E-state index in [9.17, 15) is 0 Å². The van der Waals surface area contributed by atoms with Crippen LogP contribution in [0.15, 0.2) is 42.6 Å². The Morgan fingerprint density at radius 2 is 1.84 bits per heavy atom. The van der Waals surface area contributed by atoms with E-state index in [1.54, 1.807) is 0 Å². The molecule has 0 aliphatic carbocycles. The van der Waals surface area contributed by atoms with Crippen LogP contribution in [0, 0.1) is 0 Å². The van der Waals surface area contributed by atoms with Crippen LogP contribution in [0.2, 0.25) is 0 Å². The number of fused-ring (bicyclic) bond motifs is 1. The summed E-state index contributed by atoms with van der Waals surface area (Å²) in [6, 6.07) is 13.7. The van der Waals surface area contributed by atoms with Gasteiger partial charge in [-0.1, -0.05) is 45.0 Å². The summed E-state index contributed by atoms with van der Waals surface area (Å²) in [6.45, 7) is 8.87. The van der Waals surface area contributed by atoms with Gasteiger partial charge in [-0.2, -0.15) is 0 Å². The Kier molecular flexibility index (Phi) is 2.98. The fraction of sp³-hybridized carbons (Fsp3) is 0.412. The monoisotopic (exact) mass is 254 g/mol. The van der Waals surface area contributed by atoms with Crippen molar-refractivity contribution in [1.82, 2.24) is 9.88 Å². The van der Waals surface area contributed by atoms with Crippen LogP contribution < -0.4 is 5.32 Å². The lowest BCUT2D eigenvalue weighted by Crippen LogP contribution is -2.33. The zero-order valence-electron chi connectivity index (χ0n) is 12.0. The lowest BCUT2D eigenvalue weighted by Gasteiger charge is -2.27. The van der Waals surface area contributed by atoms with Crippen LogP contribution in [0.1, 0.15) is 43.6 Å². The van der Waals surface area contributed by atoms with Crippen LogP contribution in [-0.2, 0) is 12.0 Å². The molecule has 0 amide bonds. The van der Waals surface area contributed by atoms with Crippen molar-refractivity contribution in [3.8, 4) is 0 Å². The van der Waals surface area contributed by atoms with Crippen molar-refractivity contribution < 1.29 is 0 Å². The molecule has 0 fully saturated rings. The van der Waals surface area contributed by atoms with E-state index in [2.05, 4.69) is 73.3 Å². The normalized spacial score (nSPS) is 19.2. The second-order valence-corrected chi connectivity index (χ2v) is 6.39. The van der Waals surface area contributed by atoms with Gasteiger partial charge in [0.05, 0.1) is 6.04 Å². The third-order valence-corrected chi connectivity index (χ3v) is 3.97. The molecule has 0 saturated carbocycles. The third kappa shape index (κ3) is 2.33. The van der Waals surface area contributed by atoms with Gasteiger partial charge < -0.3 is 9.88 Å². The topological polar surface area (TPSA) is 17.0 Å². The van der Waals surface area contributed by atoms with Gasteiger partial charge in [-0.15, -0.1) is 0 Å². The molecule has 100 valence electrons. The van der Waals surface area contributed by atoms with E-state index < -0.39 is 0 Å². The number of nitrogens with one attached hydrogen (secondary N) is 1. The quantitative estimate of drug-likeness (QED) is 0.824. The maximum absolute atomic E-state index is 3.62. The standard InChI is InChI=1S/C17H22N2/c1-17(2,3)14-8-6-13(7-9-14)16-15-5-4-11-19(15)12-10-18-16/h4-9,11,16,18H,10,12H2,1-3H3. The lowest BCUT2D eigenvalue weighted by molar-refractivity contribution is 0.467. The first-order chi connectivity index (χ1) is 9.05. The summed E-state index contributed by atoms with van der Waals surface area (Å²) in [5.74, 6) is 0. The van der Waals surface area contributed by atoms with Crippen molar-refractivity contribution in [3.05, 3.63) is 59.4 Å². The molecule has 2 heteroatoms. The van der Waals surface area contributed by atoms with Crippen molar-refractivity contribution in [1.29, 1.82) is 0 Å². The first-order valence-corrected chi connectivity index (χ1v) is 7.04. The molecular weight excluding hydrogens is 232 g/mol. The van der Waals surface area contributed by atoms with Gasteiger partial charge in [0.2, 0.25) is 0 Å². The fourth-order valence-corrected chi connectivity index (χ4v) is 2.79. The maximum Gasteiger partial charge on any atom is 0.0731 e. The Labute approximate surface area is 115 Å². The number of hydrogen-bond acceptors (Lipinski definition) is 1. The summed E-state index contributed by atoms with van der Waals surface area (Å²) in [5, 5.41) is 3.62. The fourth-order valence-electron chi connectivity index (χ4n) is 2.79. The Morgan fingerprint density at radius 3 is 2.53 bits per heavy atom. The predicted octanol–water partition coefficient (Wildman–Crippen LogP) is 3.48. The van der Waals surface area contributed by atoms with Gasteiger partial charge in [0, 0.05) is 25.0 Å². The lowest BCUT2D eigenvalue weighted by atomic mass is 9.86. The van der Waals surface area contributed by atoms with Gasteiger partial charge in [-0.3, -0.25) is 0 Å². The van der Waals surface area contributed by atoms with E-state index in [4.69, 9.17) is 0 Å². The third-order valence-electron chi connectivity index (χ3n) is 3.97. The number of nitrogens with zero attached hydrogens (tertiary/aromatic N) is 1. The Hall–Kier alpha value is -1.54. The number of hydrogen-bond donors (Lipinski definition) is 1. The van der Waals surface area contributed by atoms with E-state index in [-0.39, 0.29) is 5.41 Å². The maximum atomic E-state index is 3.62. The van der Waals surface area contributed by atoms with Crippen molar-refractivity contribution in [2.75, 3.05) is 6.54 Å². The zero-order chi connectivity index (χ0) is 13.5. The Morgan fingerprint density at radius 1 is 1.11 bits per heavy atom. The van der Waals surface area contributed by atoms with Gasteiger partial charge in [0.25, 0.3) is 0 Å². The molecule has 19 heavy (non-hydrogen) atoms. The average Bonchev–Trinajstić information content (AvgIpc) is 2.86. The summed E-state index contributed by atoms with van der Waals surface area (Å²) < 4.78 is 2.35. The van der Waals surface area contributed by atoms with E-state index in [1.165, 1.54) is 16.8 Å². The SMILES string of the molecule is CC(C)(C)c1ccc(C2NCCn3cccc32)cc1. The summed E-state index contributed by atoms with van der Waals surface area (Å²) in [7, 11) is 0. The van der Waals surface area contributed by atoms with Crippen LogP contribution in [-0.4, -0.2) is 11.1 Å². The molecule has 2 nitrogen and oxygen atoms in total. The first kappa shape index (κ1) is 12.5. The molecule has 0 saturated heterocycles. The van der Waals surface area contributed by atoms with Gasteiger partial charge in [-0.05, 0) is 28.7 Å². The second-order valence-electron chi connectivity index (χ2n) is 6.39. The van der Waals surface area contributed by atoms with E-state index in [0.717, 1.165) is 13.1 Å². The smallest absolute Gasteiger partial charge is 0.0731 e. The molecule has 0 bridgehead atoms. The highest BCUT2D eigenvalue weighted by Gasteiger charge is 2.21. The van der Waals surface area contributed by atoms with Gasteiger partial charge in [0.1, 0.15) is 0 Å². The highest BCUT2D eigenvalue weighted by atomic mass is 15.1. The molecule has 1 unspecified atom stereocenters. The molecule has 1 aliphatic rings. The zero-order valence-corrected chi connectivity index (χ0v) is 12.0. The minimum absolute atomic E-state index is 0.221. The first-order valence-electron chi connectivity index (χ1n) is 7.04. The molecule has 1 aromatic heterocycles. The van der Waals surface area contributed by atoms with Crippen molar-refractivity contribution >= 4 is 0 Å². The highest BCUT2D eigenvalue weighted by molar-refractivity contribution is 5.34. The molecule has 0 spiro atoms. The molecule has 1 aromatic carbocycles. The highest BCUT2D eigenvalue weighted by Crippen LogP contribution is 2.28. The summed E-state index contributed by atoms with van der Waals surface area (Å²) in [6.07, 6.45) is 2.17. The van der Waals surface area contributed by atoms with E-state index >= 15 is 0 Å². The number of benzene rings is 1. The van der Waals surface area contributed by atoms with E-state index in [1.807, 2.05) is 0 Å². The van der Waals surface area contributed by atoms with Crippen LogP contribution in [0.25, 0.3) is 0 Å². The van der Waals surface area contributed by atoms with Gasteiger partial charge in [-0.25, -0.2) is 0 Å². The molecule has 3 rings (SSSR count). The van der Waals surface area contributed by atoms with Crippen LogP contribution in [0.3, 0.4) is 0 Å². The Balaban J connectivity index is 1.93. The molecule has 2 heterocycles. The van der Waals surface area contributed by atoms with Crippen LogP contribution >= 0.6 is 0 Å². The molecule has 1 aliphatic heterocycles. The summed E-state index contributed by atoms with van der Waals surface area (Å²) >= 11 is 0. The van der Waals surface area contributed by atoms with Crippen molar-refractivity contribution in [2.24, 2.45) is 0 Å². The minimum Gasteiger partial charge on any atom is -0.348 e. The molecular formula is C17H22N2. The number of aromatic nitrogens is 1. The van der Waals surface area contributed by atoms with Gasteiger partial charge >= 0.3 is 0 Å². The summed E-state index contributed by atoms with van der Waals surface area (Å²) in [4.78, 5) is 0. The predicted molar refractivity (Wildman–Crippen MR) is 79.4 cm³/mol. The van der Waals surface area contributed by atoms with E-state index in [0.29, 0.717) is 6.04 Å². The Bertz CT molecular complexity index is 558. The number of rotatable bonds is 1. The van der Waals surface area contributed by atoms with Crippen molar-refractivity contribution in [3.63, 3.8) is 0 Å². The van der Waals surface area contributed by atoms with Gasteiger partial charge in [0.15, 0.2) is 0 Å². The van der Waals surface area contributed by atoms with Crippen LogP contribution in [0.4, 0.5) is 0 Å². The summed E-state index contributed by atoms with van der Waals surface area (Å²) in [5.41, 5.74) is 4.34. The van der Waals surface area contributed by atoms with Crippen LogP contribution in [0.5, 0.6) is 0 Å². The molecule has 1 N–H and O–H groups in total. The molecule has 1 atom stereocenters. The molecule has 2 aromatic rings. The average molecular weight is 254 g/mol. The van der Waals surface area contributed by atoms with Crippen molar-refractivity contribution in [2.45, 2.75) is 38.8 Å². The minimum atomic E-state index is 0.221. The molecule has 0 radical (unpaired) electrons.